The van der Waals surface area contributed by atoms with Gasteiger partial charge in [-0.25, -0.2) is 15.0 Å². The lowest BCUT2D eigenvalue weighted by molar-refractivity contribution is -0.115. The first-order chi connectivity index (χ1) is 21.6. The number of nitrogens with zero attached hydrogens (tertiary/aromatic N) is 5. The zero-order valence-electron chi connectivity index (χ0n) is 23.6. The number of thiazole rings is 1. The van der Waals surface area contributed by atoms with E-state index in [4.69, 9.17) is 14.7 Å². The molecule has 44 heavy (non-hydrogen) atoms. The smallest absolute Gasteiger partial charge is 0.228 e. The van der Waals surface area contributed by atoms with Crippen molar-refractivity contribution < 1.29 is 9.53 Å². The van der Waals surface area contributed by atoms with E-state index in [-0.39, 0.29) is 5.91 Å². The van der Waals surface area contributed by atoms with E-state index in [0.29, 0.717) is 18.1 Å². The fourth-order valence-electron chi connectivity index (χ4n) is 5.28. The Morgan fingerprint density at radius 3 is 2.61 bits per heavy atom. The summed E-state index contributed by atoms with van der Waals surface area (Å²) >= 11 is 5.15. The highest BCUT2D eigenvalue weighted by Gasteiger charge is 2.20. The number of nitrogens with one attached hydrogen (secondary N) is 2. The fraction of sp³-hybridized carbons (Fsp3) is 0.152. The Bertz CT molecular complexity index is 1940. The van der Waals surface area contributed by atoms with E-state index in [1.54, 1.807) is 17.5 Å². The number of imidazole rings is 1. The van der Waals surface area contributed by atoms with Gasteiger partial charge in [0.1, 0.15) is 5.69 Å². The Morgan fingerprint density at radius 1 is 0.932 bits per heavy atom. The number of hydrogen-bond donors (Lipinski definition) is 2. The molecule has 7 rings (SSSR count). The molecule has 0 bridgehead atoms. The van der Waals surface area contributed by atoms with Crippen molar-refractivity contribution >= 4 is 61.1 Å². The molecule has 2 N–H and O–H groups in total. The topological polar surface area (TPSA) is 96.7 Å². The molecule has 0 saturated carbocycles. The third-order valence-corrected chi connectivity index (χ3v) is 8.76. The van der Waals surface area contributed by atoms with Gasteiger partial charge in [0.05, 0.1) is 34.8 Å². The molecule has 0 aliphatic carbocycles. The SMILES string of the molecule is O=C(Cc1ccccc1)Nc1cccc(-c2nc3sc(Br)cn3c2-c2ccnc(Nc3cccc(N4CCOCC4)c3)n2)c1. The van der Waals surface area contributed by atoms with E-state index in [9.17, 15) is 4.79 Å². The van der Waals surface area contributed by atoms with Crippen molar-refractivity contribution in [2.45, 2.75) is 6.42 Å². The third kappa shape index (κ3) is 6.21. The highest BCUT2D eigenvalue weighted by atomic mass is 79.9. The second-order valence-corrected chi connectivity index (χ2v) is 12.7. The lowest BCUT2D eigenvalue weighted by Gasteiger charge is -2.29. The number of ether oxygens (including phenoxy) is 1. The summed E-state index contributed by atoms with van der Waals surface area (Å²) in [6, 6.07) is 27.6. The van der Waals surface area contributed by atoms with Gasteiger partial charge >= 0.3 is 0 Å². The number of amides is 1. The maximum atomic E-state index is 12.8. The molecule has 0 unspecified atom stereocenters. The van der Waals surface area contributed by atoms with Crippen LogP contribution in [0.4, 0.5) is 23.0 Å². The fourth-order valence-corrected chi connectivity index (χ4v) is 6.63. The number of rotatable bonds is 8. The number of carbonyl (C=O) groups excluding carboxylic acids is 1. The number of fused-ring (bicyclic) bond motifs is 1. The summed E-state index contributed by atoms with van der Waals surface area (Å²) in [5.41, 5.74) is 6.90. The first-order valence-electron chi connectivity index (χ1n) is 14.2. The average molecular weight is 667 g/mol. The van der Waals surface area contributed by atoms with Gasteiger partial charge in [-0.05, 0) is 57.9 Å². The van der Waals surface area contributed by atoms with Gasteiger partial charge in [-0.2, -0.15) is 0 Å². The van der Waals surface area contributed by atoms with Crippen molar-refractivity contribution in [2.24, 2.45) is 0 Å². The molecule has 0 radical (unpaired) electrons. The quantitative estimate of drug-likeness (QED) is 0.180. The molecule has 220 valence electrons. The van der Waals surface area contributed by atoms with Crippen LogP contribution in [-0.4, -0.2) is 51.6 Å². The number of aromatic nitrogens is 4. The minimum Gasteiger partial charge on any atom is -0.378 e. The Balaban J connectivity index is 1.19. The minimum absolute atomic E-state index is 0.0764. The second kappa shape index (κ2) is 12.6. The number of hydrogen-bond acceptors (Lipinski definition) is 8. The minimum atomic E-state index is -0.0764. The van der Waals surface area contributed by atoms with Gasteiger partial charge in [0.2, 0.25) is 11.9 Å². The van der Waals surface area contributed by atoms with Crippen molar-refractivity contribution in [3.8, 4) is 22.6 Å². The van der Waals surface area contributed by atoms with Crippen LogP contribution < -0.4 is 15.5 Å². The van der Waals surface area contributed by atoms with Gasteiger partial charge in [0.25, 0.3) is 0 Å². The predicted molar refractivity (Wildman–Crippen MR) is 179 cm³/mol. The van der Waals surface area contributed by atoms with Crippen LogP contribution in [0.3, 0.4) is 0 Å². The maximum Gasteiger partial charge on any atom is 0.228 e. The normalized spacial score (nSPS) is 13.2. The van der Waals surface area contributed by atoms with Gasteiger partial charge < -0.3 is 20.3 Å². The van der Waals surface area contributed by atoms with Crippen molar-refractivity contribution in [1.82, 2.24) is 19.4 Å². The largest absolute Gasteiger partial charge is 0.378 e. The molecular formula is C33H28BrN7O2S. The zero-order valence-corrected chi connectivity index (χ0v) is 26.0. The summed E-state index contributed by atoms with van der Waals surface area (Å²) in [7, 11) is 0. The molecule has 1 saturated heterocycles. The van der Waals surface area contributed by atoms with E-state index < -0.39 is 0 Å². The summed E-state index contributed by atoms with van der Waals surface area (Å²) < 4.78 is 8.51. The second-order valence-electron chi connectivity index (χ2n) is 10.3. The van der Waals surface area contributed by atoms with E-state index >= 15 is 0 Å². The highest BCUT2D eigenvalue weighted by Crippen LogP contribution is 2.37. The Labute approximate surface area is 266 Å². The van der Waals surface area contributed by atoms with Crippen LogP contribution in [0.1, 0.15) is 5.56 Å². The summed E-state index contributed by atoms with van der Waals surface area (Å²) in [6.07, 6.45) is 4.05. The van der Waals surface area contributed by atoms with Crippen LogP contribution in [0.25, 0.3) is 27.6 Å². The molecule has 1 aliphatic rings. The predicted octanol–water partition coefficient (Wildman–Crippen LogP) is 7.04. The van der Waals surface area contributed by atoms with Crippen LogP contribution in [0.15, 0.2) is 101 Å². The molecule has 1 fully saturated rings. The molecule has 3 aromatic carbocycles. The van der Waals surface area contributed by atoms with Crippen LogP contribution >= 0.6 is 27.3 Å². The zero-order chi connectivity index (χ0) is 29.9. The van der Waals surface area contributed by atoms with E-state index in [1.165, 1.54) is 0 Å². The third-order valence-electron chi connectivity index (χ3n) is 7.30. The first-order valence-corrected chi connectivity index (χ1v) is 15.8. The lowest BCUT2D eigenvalue weighted by Crippen LogP contribution is -2.36. The average Bonchev–Trinajstić information content (AvgIpc) is 3.58. The van der Waals surface area contributed by atoms with E-state index in [0.717, 1.165) is 74.6 Å². The number of halogens is 1. The molecule has 6 aromatic rings. The summed E-state index contributed by atoms with van der Waals surface area (Å²) in [6.45, 7) is 3.19. The molecular weight excluding hydrogens is 638 g/mol. The summed E-state index contributed by atoms with van der Waals surface area (Å²) in [5.74, 6) is 0.409. The molecule has 4 heterocycles. The van der Waals surface area contributed by atoms with Gasteiger partial charge in [-0.3, -0.25) is 9.20 Å². The number of benzene rings is 3. The number of morpholine rings is 1. The van der Waals surface area contributed by atoms with Gasteiger partial charge in [0.15, 0.2) is 4.96 Å². The van der Waals surface area contributed by atoms with Crippen molar-refractivity contribution in [2.75, 3.05) is 41.8 Å². The molecule has 3 aromatic heterocycles. The van der Waals surface area contributed by atoms with Crippen LogP contribution in [0.2, 0.25) is 0 Å². The van der Waals surface area contributed by atoms with E-state index in [1.807, 2.05) is 83.4 Å². The Hall–Kier alpha value is -4.58. The molecule has 1 amide bonds. The number of carbonyl (C=O) groups is 1. The highest BCUT2D eigenvalue weighted by molar-refractivity contribution is 9.11. The van der Waals surface area contributed by atoms with Crippen molar-refractivity contribution in [1.29, 1.82) is 0 Å². The molecule has 11 heteroatoms. The Kier molecular flexibility index (Phi) is 8.06. The molecule has 0 spiro atoms. The van der Waals surface area contributed by atoms with Gasteiger partial charge in [-0.1, -0.05) is 59.9 Å². The van der Waals surface area contributed by atoms with Crippen LogP contribution in [-0.2, 0) is 16.0 Å². The summed E-state index contributed by atoms with van der Waals surface area (Å²) in [4.78, 5) is 30.3. The van der Waals surface area contributed by atoms with Gasteiger partial charge in [0, 0.05) is 48.1 Å². The summed E-state index contributed by atoms with van der Waals surface area (Å²) in [5, 5.41) is 6.42. The van der Waals surface area contributed by atoms with Crippen LogP contribution in [0.5, 0.6) is 0 Å². The monoisotopic (exact) mass is 665 g/mol. The van der Waals surface area contributed by atoms with E-state index in [2.05, 4.69) is 48.6 Å². The molecule has 0 atom stereocenters. The lowest BCUT2D eigenvalue weighted by atomic mass is 10.1. The van der Waals surface area contributed by atoms with Crippen LogP contribution in [0, 0.1) is 0 Å². The molecule has 1 aliphatic heterocycles. The Morgan fingerprint density at radius 2 is 1.75 bits per heavy atom. The first kappa shape index (κ1) is 28.2. The van der Waals surface area contributed by atoms with Crippen molar-refractivity contribution in [3.63, 3.8) is 0 Å². The standard InChI is InChI=1S/C33H28BrN7O2S/c34-28-21-41-31(27-12-13-35-32(38-27)37-25-10-5-11-26(20-25)40-14-16-43-17-15-40)30(39-33(41)44-28)23-8-4-9-24(19-23)36-29(42)18-22-6-2-1-3-7-22/h1-13,19-21H,14-18H2,(H,36,42)(H,35,37,38). The molecule has 9 nitrogen and oxygen atoms in total. The maximum absolute atomic E-state index is 12.8. The van der Waals surface area contributed by atoms with Crippen molar-refractivity contribution in [3.05, 3.63) is 107 Å². The number of anilines is 4. The van der Waals surface area contributed by atoms with Gasteiger partial charge in [-0.15, -0.1) is 0 Å².